The van der Waals surface area contributed by atoms with Crippen molar-refractivity contribution >= 4 is 5.97 Å². The largest absolute Gasteiger partial charge is 0.454 e. The van der Waals surface area contributed by atoms with Gasteiger partial charge in [-0.1, -0.05) is 24.8 Å². The molecule has 0 saturated heterocycles. The van der Waals surface area contributed by atoms with E-state index in [1.165, 1.54) is 12.8 Å². The van der Waals surface area contributed by atoms with Gasteiger partial charge in [-0.15, -0.1) is 0 Å². The van der Waals surface area contributed by atoms with E-state index in [0.717, 1.165) is 12.0 Å². The molecule has 0 aliphatic heterocycles. The van der Waals surface area contributed by atoms with Crippen molar-refractivity contribution in [3.8, 4) is 0 Å². The standard InChI is InChI=1S/C15H16O2/c1-10-12-7-8-13(9-12)14(10)17-15(16)11-5-3-2-4-6-11/h2-6,12-14H,1,7-9H2/t12-,13-,14-/m0/s1. The minimum atomic E-state index is -0.218. The average Bonchev–Trinajstić information content (AvgIpc) is 2.94. The zero-order chi connectivity index (χ0) is 11.8. The normalized spacial score (nSPS) is 30.6. The van der Waals surface area contributed by atoms with Crippen molar-refractivity contribution < 1.29 is 9.53 Å². The second-order valence-corrected chi connectivity index (χ2v) is 5.04. The predicted molar refractivity (Wildman–Crippen MR) is 65.6 cm³/mol. The molecule has 1 aromatic rings. The summed E-state index contributed by atoms with van der Waals surface area (Å²) < 4.78 is 5.61. The van der Waals surface area contributed by atoms with Crippen molar-refractivity contribution in [2.45, 2.75) is 25.4 Å². The minimum absolute atomic E-state index is 0.0403. The molecular formula is C15H16O2. The summed E-state index contributed by atoms with van der Waals surface area (Å²) in [5.41, 5.74) is 1.76. The molecule has 0 spiro atoms. The Hall–Kier alpha value is -1.57. The Morgan fingerprint density at radius 1 is 1.24 bits per heavy atom. The van der Waals surface area contributed by atoms with E-state index in [0.29, 0.717) is 17.4 Å². The van der Waals surface area contributed by atoms with Gasteiger partial charge in [0.2, 0.25) is 0 Å². The number of carbonyl (C=O) groups excluding carboxylic acids is 1. The number of esters is 1. The first-order chi connectivity index (χ1) is 8.25. The lowest BCUT2D eigenvalue weighted by Gasteiger charge is -2.24. The van der Waals surface area contributed by atoms with Crippen LogP contribution in [-0.4, -0.2) is 12.1 Å². The fourth-order valence-electron chi connectivity index (χ4n) is 3.09. The number of rotatable bonds is 2. The quantitative estimate of drug-likeness (QED) is 0.574. The van der Waals surface area contributed by atoms with Gasteiger partial charge in [-0.05, 0) is 42.9 Å². The molecule has 17 heavy (non-hydrogen) atoms. The molecule has 2 fully saturated rings. The van der Waals surface area contributed by atoms with Gasteiger partial charge in [0.05, 0.1) is 5.56 Å². The van der Waals surface area contributed by atoms with Gasteiger partial charge in [0.1, 0.15) is 6.10 Å². The van der Waals surface area contributed by atoms with Gasteiger partial charge < -0.3 is 4.74 Å². The van der Waals surface area contributed by atoms with E-state index in [2.05, 4.69) is 6.58 Å². The molecular weight excluding hydrogens is 212 g/mol. The van der Waals surface area contributed by atoms with Crippen molar-refractivity contribution in [1.29, 1.82) is 0 Å². The molecule has 3 atom stereocenters. The Morgan fingerprint density at radius 2 is 2.00 bits per heavy atom. The van der Waals surface area contributed by atoms with Crippen LogP contribution in [0, 0.1) is 11.8 Å². The van der Waals surface area contributed by atoms with Crippen LogP contribution in [0.2, 0.25) is 0 Å². The van der Waals surface area contributed by atoms with E-state index in [1.807, 2.05) is 18.2 Å². The highest BCUT2D eigenvalue weighted by Crippen LogP contribution is 2.48. The number of carbonyl (C=O) groups is 1. The van der Waals surface area contributed by atoms with E-state index in [-0.39, 0.29) is 12.1 Å². The number of hydrogen-bond donors (Lipinski definition) is 0. The van der Waals surface area contributed by atoms with Crippen molar-refractivity contribution in [2.24, 2.45) is 11.8 Å². The summed E-state index contributed by atoms with van der Waals surface area (Å²) in [6.45, 7) is 4.09. The van der Waals surface area contributed by atoms with Crippen LogP contribution >= 0.6 is 0 Å². The summed E-state index contributed by atoms with van der Waals surface area (Å²) in [5.74, 6) is 0.887. The maximum absolute atomic E-state index is 12.0. The molecule has 2 nitrogen and oxygen atoms in total. The van der Waals surface area contributed by atoms with Gasteiger partial charge in [0.25, 0.3) is 0 Å². The van der Waals surface area contributed by atoms with Crippen LogP contribution in [0.4, 0.5) is 0 Å². The van der Waals surface area contributed by atoms with Gasteiger partial charge in [-0.2, -0.15) is 0 Å². The highest BCUT2D eigenvalue weighted by Gasteiger charge is 2.44. The van der Waals surface area contributed by atoms with Crippen LogP contribution in [0.3, 0.4) is 0 Å². The molecule has 1 aromatic carbocycles. The van der Waals surface area contributed by atoms with Crippen LogP contribution < -0.4 is 0 Å². The molecule has 0 N–H and O–H groups in total. The van der Waals surface area contributed by atoms with Gasteiger partial charge >= 0.3 is 5.97 Å². The lowest BCUT2D eigenvalue weighted by Crippen LogP contribution is -2.25. The van der Waals surface area contributed by atoms with Gasteiger partial charge in [-0.3, -0.25) is 0 Å². The highest BCUT2D eigenvalue weighted by atomic mass is 16.5. The number of fused-ring (bicyclic) bond motifs is 2. The zero-order valence-electron chi connectivity index (χ0n) is 9.76. The summed E-state index contributed by atoms with van der Waals surface area (Å²) in [6, 6.07) is 9.18. The van der Waals surface area contributed by atoms with Gasteiger partial charge in [0.15, 0.2) is 0 Å². The number of hydrogen-bond acceptors (Lipinski definition) is 2. The number of benzene rings is 1. The second-order valence-electron chi connectivity index (χ2n) is 5.04. The second kappa shape index (κ2) is 4.02. The minimum Gasteiger partial charge on any atom is -0.454 e. The molecule has 88 valence electrons. The molecule has 0 aromatic heterocycles. The van der Waals surface area contributed by atoms with Crippen molar-refractivity contribution in [2.75, 3.05) is 0 Å². The predicted octanol–water partition coefficient (Wildman–Crippen LogP) is 3.20. The highest BCUT2D eigenvalue weighted by molar-refractivity contribution is 5.89. The Kier molecular flexibility index (Phi) is 2.50. The van der Waals surface area contributed by atoms with Crippen LogP contribution in [0.5, 0.6) is 0 Å². The summed E-state index contributed by atoms with van der Waals surface area (Å²) >= 11 is 0. The van der Waals surface area contributed by atoms with Crippen molar-refractivity contribution in [3.05, 3.63) is 48.0 Å². The molecule has 2 aliphatic carbocycles. The van der Waals surface area contributed by atoms with E-state index < -0.39 is 0 Å². The van der Waals surface area contributed by atoms with Crippen LogP contribution in [-0.2, 0) is 4.74 Å². The van der Waals surface area contributed by atoms with E-state index in [4.69, 9.17) is 4.74 Å². The fourth-order valence-corrected chi connectivity index (χ4v) is 3.09. The number of ether oxygens (including phenoxy) is 1. The summed E-state index contributed by atoms with van der Waals surface area (Å²) in [4.78, 5) is 12.0. The smallest absolute Gasteiger partial charge is 0.338 e. The molecule has 0 unspecified atom stereocenters. The van der Waals surface area contributed by atoms with E-state index >= 15 is 0 Å². The zero-order valence-corrected chi connectivity index (χ0v) is 9.76. The van der Waals surface area contributed by atoms with Crippen molar-refractivity contribution in [3.63, 3.8) is 0 Å². The first-order valence-corrected chi connectivity index (χ1v) is 6.20. The monoisotopic (exact) mass is 228 g/mol. The summed E-state index contributed by atoms with van der Waals surface area (Å²) in [7, 11) is 0. The summed E-state index contributed by atoms with van der Waals surface area (Å²) in [5, 5.41) is 0. The molecule has 2 aliphatic rings. The Morgan fingerprint density at radius 3 is 2.65 bits per heavy atom. The molecule has 2 bridgehead atoms. The Bertz CT molecular complexity index is 449. The Balaban J connectivity index is 1.72. The van der Waals surface area contributed by atoms with Crippen molar-refractivity contribution in [1.82, 2.24) is 0 Å². The van der Waals surface area contributed by atoms with Gasteiger partial charge in [0, 0.05) is 5.92 Å². The third kappa shape index (κ3) is 1.78. The first kappa shape index (κ1) is 10.6. The van der Waals surface area contributed by atoms with E-state index in [9.17, 15) is 4.79 Å². The Labute approximate surface area is 101 Å². The summed E-state index contributed by atoms with van der Waals surface area (Å²) in [6.07, 6.45) is 3.52. The van der Waals surface area contributed by atoms with E-state index in [1.54, 1.807) is 12.1 Å². The molecule has 2 saturated carbocycles. The maximum atomic E-state index is 12.0. The first-order valence-electron chi connectivity index (χ1n) is 6.20. The van der Waals surface area contributed by atoms with Gasteiger partial charge in [-0.25, -0.2) is 4.79 Å². The fraction of sp³-hybridized carbons (Fsp3) is 0.400. The van der Waals surface area contributed by atoms with Crippen LogP contribution in [0.15, 0.2) is 42.5 Å². The average molecular weight is 228 g/mol. The molecule has 0 radical (unpaired) electrons. The molecule has 0 heterocycles. The molecule has 0 amide bonds. The third-order valence-electron chi connectivity index (χ3n) is 4.03. The molecule has 3 rings (SSSR count). The topological polar surface area (TPSA) is 26.3 Å². The third-order valence-corrected chi connectivity index (χ3v) is 4.03. The van der Waals surface area contributed by atoms with Crippen LogP contribution in [0.1, 0.15) is 29.6 Å². The SMILES string of the molecule is C=C1[C@H]2CC[C@@H](C2)[C@H]1OC(=O)c1ccccc1. The maximum Gasteiger partial charge on any atom is 0.338 e. The lowest BCUT2D eigenvalue weighted by atomic mass is 9.93. The lowest BCUT2D eigenvalue weighted by molar-refractivity contribution is 0.0274. The van der Waals surface area contributed by atoms with Crippen LogP contribution in [0.25, 0.3) is 0 Å². The molecule has 2 heteroatoms.